The van der Waals surface area contributed by atoms with E-state index in [1.165, 1.54) is 0 Å². The highest BCUT2D eigenvalue weighted by molar-refractivity contribution is 5.91. The SMILES string of the molecule is COc1ccc(OC)c(CNC(=O)c2ccc(Cn3nc(C)cc3C)o2)c1. The molecule has 1 amide bonds. The Hall–Kier alpha value is -3.22. The highest BCUT2D eigenvalue weighted by Gasteiger charge is 2.14. The van der Waals surface area contributed by atoms with Crippen LogP contribution < -0.4 is 14.8 Å². The summed E-state index contributed by atoms with van der Waals surface area (Å²) in [6.07, 6.45) is 0. The van der Waals surface area contributed by atoms with Gasteiger partial charge in [0.05, 0.1) is 26.5 Å². The summed E-state index contributed by atoms with van der Waals surface area (Å²) in [5.74, 6) is 2.02. The van der Waals surface area contributed by atoms with Crippen LogP contribution in [0.5, 0.6) is 11.5 Å². The fourth-order valence-electron chi connectivity index (χ4n) is 2.85. The Morgan fingerprint density at radius 1 is 1.15 bits per heavy atom. The molecule has 0 spiro atoms. The van der Waals surface area contributed by atoms with E-state index in [1.54, 1.807) is 32.4 Å². The van der Waals surface area contributed by atoms with Crippen LogP contribution in [0.15, 0.2) is 40.8 Å². The third-order valence-electron chi connectivity index (χ3n) is 4.22. The number of rotatable bonds is 7. The van der Waals surface area contributed by atoms with E-state index in [2.05, 4.69) is 10.4 Å². The predicted molar refractivity (Wildman–Crippen MR) is 100 cm³/mol. The van der Waals surface area contributed by atoms with Crippen molar-refractivity contribution in [3.05, 3.63) is 64.9 Å². The third-order valence-corrected chi connectivity index (χ3v) is 4.22. The van der Waals surface area contributed by atoms with E-state index in [0.29, 0.717) is 30.3 Å². The van der Waals surface area contributed by atoms with Crippen molar-refractivity contribution in [1.29, 1.82) is 0 Å². The summed E-state index contributed by atoms with van der Waals surface area (Å²) in [5.41, 5.74) is 2.81. The number of methoxy groups -OCH3 is 2. The van der Waals surface area contributed by atoms with Gasteiger partial charge in [-0.25, -0.2) is 0 Å². The van der Waals surface area contributed by atoms with E-state index in [9.17, 15) is 4.79 Å². The lowest BCUT2D eigenvalue weighted by atomic mass is 10.2. The normalized spacial score (nSPS) is 10.7. The van der Waals surface area contributed by atoms with Crippen molar-refractivity contribution >= 4 is 5.91 Å². The first-order valence-electron chi connectivity index (χ1n) is 8.59. The molecule has 0 saturated heterocycles. The number of carbonyl (C=O) groups excluding carboxylic acids is 1. The second kappa shape index (κ2) is 7.99. The van der Waals surface area contributed by atoms with Crippen LogP contribution in [0.1, 0.15) is 33.3 Å². The second-order valence-corrected chi connectivity index (χ2v) is 6.21. The zero-order valence-corrected chi connectivity index (χ0v) is 15.9. The first-order valence-corrected chi connectivity index (χ1v) is 8.59. The number of aromatic nitrogens is 2. The summed E-state index contributed by atoms with van der Waals surface area (Å²) < 4.78 is 18.1. The molecule has 142 valence electrons. The van der Waals surface area contributed by atoms with Gasteiger partial charge in [-0.15, -0.1) is 0 Å². The molecule has 27 heavy (non-hydrogen) atoms. The maximum atomic E-state index is 12.4. The maximum Gasteiger partial charge on any atom is 0.287 e. The van der Waals surface area contributed by atoms with Crippen molar-refractivity contribution in [2.75, 3.05) is 14.2 Å². The van der Waals surface area contributed by atoms with Gasteiger partial charge in [-0.3, -0.25) is 9.48 Å². The van der Waals surface area contributed by atoms with Gasteiger partial charge in [-0.2, -0.15) is 5.10 Å². The summed E-state index contributed by atoms with van der Waals surface area (Å²) in [7, 11) is 3.18. The van der Waals surface area contributed by atoms with E-state index in [0.717, 1.165) is 17.0 Å². The molecule has 2 heterocycles. The van der Waals surface area contributed by atoms with Gasteiger partial charge in [0.2, 0.25) is 0 Å². The molecule has 0 aliphatic carbocycles. The summed E-state index contributed by atoms with van der Waals surface area (Å²) in [4.78, 5) is 12.4. The lowest BCUT2D eigenvalue weighted by molar-refractivity contribution is 0.0920. The van der Waals surface area contributed by atoms with E-state index < -0.39 is 0 Å². The molecule has 0 aliphatic rings. The number of aryl methyl sites for hydroxylation is 2. The molecule has 3 aromatic rings. The fraction of sp³-hybridized carbons (Fsp3) is 0.300. The second-order valence-electron chi connectivity index (χ2n) is 6.21. The summed E-state index contributed by atoms with van der Waals surface area (Å²) in [5, 5.41) is 7.24. The zero-order chi connectivity index (χ0) is 19.4. The molecular weight excluding hydrogens is 346 g/mol. The van der Waals surface area contributed by atoms with Crippen molar-refractivity contribution in [2.24, 2.45) is 0 Å². The Morgan fingerprint density at radius 3 is 2.63 bits per heavy atom. The molecule has 0 aliphatic heterocycles. The lowest BCUT2D eigenvalue weighted by Crippen LogP contribution is -2.22. The number of benzene rings is 1. The molecule has 2 aromatic heterocycles. The van der Waals surface area contributed by atoms with Gasteiger partial charge >= 0.3 is 0 Å². The molecule has 0 radical (unpaired) electrons. The fourth-order valence-corrected chi connectivity index (χ4v) is 2.85. The Balaban J connectivity index is 1.65. The van der Waals surface area contributed by atoms with Crippen LogP contribution in [0, 0.1) is 13.8 Å². The minimum Gasteiger partial charge on any atom is -0.497 e. The van der Waals surface area contributed by atoms with Crippen molar-refractivity contribution in [3.8, 4) is 11.5 Å². The monoisotopic (exact) mass is 369 g/mol. The van der Waals surface area contributed by atoms with Crippen molar-refractivity contribution in [2.45, 2.75) is 26.9 Å². The molecule has 3 rings (SSSR count). The third kappa shape index (κ3) is 4.31. The molecule has 0 unspecified atom stereocenters. The van der Waals surface area contributed by atoms with Crippen LogP contribution in [0.3, 0.4) is 0 Å². The minimum atomic E-state index is -0.292. The summed E-state index contributed by atoms with van der Waals surface area (Å²) in [6.45, 7) is 4.71. The minimum absolute atomic E-state index is 0.258. The topological polar surface area (TPSA) is 78.5 Å². The van der Waals surface area contributed by atoms with Crippen molar-refractivity contribution in [1.82, 2.24) is 15.1 Å². The standard InChI is InChI=1S/C20H23N3O4/c1-13-9-14(2)23(22-13)12-17-6-8-19(27-17)20(24)21-11-15-10-16(25-3)5-7-18(15)26-4/h5-10H,11-12H2,1-4H3,(H,21,24). The summed E-state index contributed by atoms with van der Waals surface area (Å²) in [6, 6.07) is 10.9. The zero-order valence-electron chi connectivity index (χ0n) is 15.9. The Bertz CT molecular complexity index is 943. The molecule has 0 fully saturated rings. The first-order chi connectivity index (χ1) is 13.0. The number of nitrogens with zero attached hydrogens (tertiary/aromatic N) is 2. The summed E-state index contributed by atoms with van der Waals surface area (Å²) >= 11 is 0. The number of carbonyl (C=O) groups is 1. The molecular formula is C20H23N3O4. The molecule has 1 N–H and O–H groups in total. The van der Waals surface area contributed by atoms with Gasteiger partial charge < -0.3 is 19.2 Å². The average Bonchev–Trinajstić information content (AvgIpc) is 3.25. The number of ether oxygens (including phenoxy) is 2. The van der Waals surface area contributed by atoms with Crippen molar-refractivity contribution in [3.63, 3.8) is 0 Å². The van der Waals surface area contributed by atoms with Crippen LogP contribution in [0.4, 0.5) is 0 Å². The quantitative estimate of drug-likeness (QED) is 0.692. The van der Waals surface area contributed by atoms with Gasteiger partial charge in [0.15, 0.2) is 5.76 Å². The van der Waals surface area contributed by atoms with Gasteiger partial charge in [0.25, 0.3) is 5.91 Å². The first kappa shape index (κ1) is 18.6. The lowest BCUT2D eigenvalue weighted by Gasteiger charge is -2.11. The van der Waals surface area contributed by atoms with Gasteiger partial charge in [0, 0.05) is 17.8 Å². The predicted octanol–water partition coefficient (Wildman–Crippen LogP) is 3.09. The molecule has 1 aromatic carbocycles. The van der Waals surface area contributed by atoms with Crippen LogP contribution in [0.2, 0.25) is 0 Å². The molecule has 7 heteroatoms. The van der Waals surface area contributed by atoms with Gasteiger partial charge in [-0.1, -0.05) is 0 Å². The van der Waals surface area contributed by atoms with E-state index >= 15 is 0 Å². The molecule has 0 bridgehead atoms. The Labute approximate surface area is 157 Å². The van der Waals surface area contributed by atoms with Gasteiger partial charge in [-0.05, 0) is 50.2 Å². The van der Waals surface area contributed by atoms with Crippen molar-refractivity contribution < 1.29 is 18.7 Å². The highest BCUT2D eigenvalue weighted by Crippen LogP contribution is 2.24. The van der Waals surface area contributed by atoms with Crippen LogP contribution in [-0.4, -0.2) is 29.9 Å². The van der Waals surface area contributed by atoms with E-state index in [1.807, 2.05) is 36.7 Å². The number of amides is 1. The number of hydrogen-bond donors (Lipinski definition) is 1. The largest absolute Gasteiger partial charge is 0.497 e. The Morgan fingerprint density at radius 2 is 1.96 bits per heavy atom. The smallest absolute Gasteiger partial charge is 0.287 e. The number of nitrogens with one attached hydrogen (secondary N) is 1. The van der Waals surface area contributed by atoms with Crippen LogP contribution >= 0.6 is 0 Å². The number of furan rings is 1. The van der Waals surface area contributed by atoms with E-state index in [4.69, 9.17) is 13.9 Å². The van der Waals surface area contributed by atoms with Gasteiger partial charge in [0.1, 0.15) is 17.3 Å². The molecule has 0 atom stereocenters. The number of hydrogen-bond acceptors (Lipinski definition) is 5. The Kier molecular flexibility index (Phi) is 5.49. The molecule has 7 nitrogen and oxygen atoms in total. The molecule has 0 saturated carbocycles. The van der Waals surface area contributed by atoms with Crippen LogP contribution in [-0.2, 0) is 13.1 Å². The highest BCUT2D eigenvalue weighted by atomic mass is 16.5. The maximum absolute atomic E-state index is 12.4. The van der Waals surface area contributed by atoms with E-state index in [-0.39, 0.29) is 11.7 Å². The van der Waals surface area contributed by atoms with Crippen LogP contribution in [0.25, 0.3) is 0 Å². The average molecular weight is 369 g/mol.